The Bertz CT molecular complexity index is 550. The van der Waals surface area contributed by atoms with Crippen LogP contribution in [-0.4, -0.2) is 23.8 Å². The van der Waals surface area contributed by atoms with Gasteiger partial charge in [0.05, 0.1) is 15.7 Å². The zero-order valence-electron chi connectivity index (χ0n) is 13.2. The topological polar surface area (TPSA) is 15.6 Å². The summed E-state index contributed by atoms with van der Waals surface area (Å²) in [5.74, 6) is 2.60. The van der Waals surface area contributed by atoms with Gasteiger partial charge in [0.1, 0.15) is 5.84 Å². The maximum atomic E-state index is 6.16. The first-order chi connectivity index (χ1) is 10.6. The van der Waals surface area contributed by atoms with Crippen LogP contribution in [0.1, 0.15) is 45.4 Å². The predicted molar refractivity (Wildman–Crippen MR) is 95.5 cm³/mol. The molecule has 0 bridgehead atoms. The van der Waals surface area contributed by atoms with Gasteiger partial charge in [0.15, 0.2) is 0 Å². The molecular formula is C18H24Cl2N2. The average molecular weight is 339 g/mol. The van der Waals surface area contributed by atoms with Crippen LogP contribution in [0, 0.1) is 11.8 Å². The fourth-order valence-corrected chi connectivity index (χ4v) is 4.02. The number of hydrogen-bond donors (Lipinski definition) is 0. The SMILES string of the molecule is C[C@H]1CCC[C@@H]1C(=Nc1ccc(Cl)c(Cl)c1)N1CCCCC1. The van der Waals surface area contributed by atoms with E-state index in [1.54, 1.807) is 0 Å². The van der Waals surface area contributed by atoms with Crippen molar-refractivity contribution in [2.45, 2.75) is 45.4 Å². The molecule has 22 heavy (non-hydrogen) atoms. The lowest BCUT2D eigenvalue weighted by molar-refractivity contribution is 0.317. The minimum Gasteiger partial charge on any atom is -0.360 e. The van der Waals surface area contributed by atoms with Gasteiger partial charge in [-0.2, -0.15) is 0 Å². The summed E-state index contributed by atoms with van der Waals surface area (Å²) in [6.45, 7) is 4.65. The van der Waals surface area contributed by atoms with Crippen molar-refractivity contribution in [1.82, 2.24) is 4.90 Å². The molecule has 2 aliphatic rings. The molecule has 0 unspecified atom stereocenters. The largest absolute Gasteiger partial charge is 0.360 e. The lowest BCUT2D eigenvalue weighted by Crippen LogP contribution is -2.40. The van der Waals surface area contributed by atoms with E-state index in [1.807, 2.05) is 18.2 Å². The number of aliphatic imine (C=N–C) groups is 1. The van der Waals surface area contributed by atoms with Crippen molar-refractivity contribution in [2.75, 3.05) is 13.1 Å². The van der Waals surface area contributed by atoms with Gasteiger partial charge < -0.3 is 4.90 Å². The normalized spacial score (nSPS) is 26.5. The second-order valence-electron chi connectivity index (χ2n) is 6.63. The second-order valence-corrected chi connectivity index (χ2v) is 7.45. The van der Waals surface area contributed by atoms with E-state index in [1.165, 1.54) is 44.4 Å². The monoisotopic (exact) mass is 338 g/mol. The van der Waals surface area contributed by atoms with E-state index in [4.69, 9.17) is 28.2 Å². The summed E-state index contributed by atoms with van der Waals surface area (Å²) >= 11 is 12.2. The summed E-state index contributed by atoms with van der Waals surface area (Å²) < 4.78 is 0. The van der Waals surface area contributed by atoms with Crippen LogP contribution in [0.4, 0.5) is 5.69 Å². The van der Waals surface area contributed by atoms with E-state index in [9.17, 15) is 0 Å². The number of amidine groups is 1. The molecule has 0 N–H and O–H groups in total. The fraction of sp³-hybridized carbons (Fsp3) is 0.611. The van der Waals surface area contributed by atoms with Gasteiger partial charge in [-0.1, -0.05) is 36.5 Å². The number of nitrogens with zero attached hydrogens (tertiary/aromatic N) is 2. The van der Waals surface area contributed by atoms with Crippen molar-refractivity contribution in [3.8, 4) is 0 Å². The van der Waals surface area contributed by atoms with Gasteiger partial charge in [0, 0.05) is 19.0 Å². The molecule has 2 nitrogen and oxygen atoms in total. The van der Waals surface area contributed by atoms with E-state index in [-0.39, 0.29) is 0 Å². The maximum absolute atomic E-state index is 6.16. The molecule has 1 saturated heterocycles. The van der Waals surface area contributed by atoms with E-state index >= 15 is 0 Å². The summed E-state index contributed by atoms with van der Waals surface area (Å²) in [5, 5.41) is 1.18. The van der Waals surface area contributed by atoms with E-state index in [2.05, 4.69) is 11.8 Å². The highest BCUT2D eigenvalue weighted by atomic mass is 35.5. The minimum absolute atomic E-state index is 0.584. The molecule has 0 aromatic heterocycles. The van der Waals surface area contributed by atoms with Crippen LogP contribution < -0.4 is 0 Å². The number of hydrogen-bond acceptors (Lipinski definition) is 1. The molecule has 0 radical (unpaired) electrons. The Morgan fingerprint density at radius 1 is 1.05 bits per heavy atom. The van der Waals surface area contributed by atoms with Crippen LogP contribution in [0.25, 0.3) is 0 Å². The molecule has 2 atom stereocenters. The lowest BCUT2D eigenvalue weighted by Gasteiger charge is -2.34. The van der Waals surface area contributed by atoms with Gasteiger partial charge >= 0.3 is 0 Å². The molecule has 2 fully saturated rings. The van der Waals surface area contributed by atoms with Crippen LogP contribution in [0.3, 0.4) is 0 Å². The molecule has 1 aliphatic heterocycles. The van der Waals surface area contributed by atoms with Crippen molar-refractivity contribution in [3.05, 3.63) is 28.2 Å². The highest BCUT2D eigenvalue weighted by Gasteiger charge is 2.31. The third-order valence-corrected chi connectivity index (χ3v) is 5.76. The first kappa shape index (κ1) is 16.1. The number of halogens is 2. The summed E-state index contributed by atoms with van der Waals surface area (Å²) in [7, 11) is 0. The Kier molecular flexibility index (Phi) is 5.30. The predicted octanol–water partition coefficient (Wildman–Crippen LogP) is 5.95. The van der Waals surface area contributed by atoms with Crippen molar-refractivity contribution >= 4 is 34.7 Å². The highest BCUT2D eigenvalue weighted by molar-refractivity contribution is 6.42. The van der Waals surface area contributed by atoms with Gasteiger partial charge in [-0.25, -0.2) is 4.99 Å². The summed E-state index contributed by atoms with van der Waals surface area (Å²) in [4.78, 5) is 7.53. The highest BCUT2D eigenvalue weighted by Crippen LogP contribution is 2.35. The Morgan fingerprint density at radius 3 is 2.45 bits per heavy atom. The van der Waals surface area contributed by atoms with E-state index in [0.29, 0.717) is 16.0 Å². The molecule has 3 rings (SSSR count). The number of rotatable bonds is 2. The molecule has 120 valence electrons. The van der Waals surface area contributed by atoms with Crippen LogP contribution in [-0.2, 0) is 0 Å². The Labute approximate surface area is 143 Å². The van der Waals surface area contributed by atoms with Crippen LogP contribution in [0.5, 0.6) is 0 Å². The maximum Gasteiger partial charge on any atom is 0.108 e. The lowest BCUT2D eigenvalue weighted by atomic mass is 9.94. The van der Waals surface area contributed by atoms with Crippen molar-refractivity contribution in [1.29, 1.82) is 0 Å². The third-order valence-electron chi connectivity index (χ3n) is 5.02. The zero-order valence-corrected chi connectivity index (χ0v) is 14.7. The molecule has 1 aromatic rings. The first-order valence-electron chi connectivity index (χ1n) is 8.44. The molecule has 1 heterocycles. The molecule has 1 saturated carbocycles. The minimum atomic E-state index is 0.584. The quantitative estimate of drug-likeness (QED) is 0.480. The summed E-state index contributed by atoms with van der Waals surface area (Å²) in [5.41, 5.74) is 0.925. The summed E-state index contributed by atoms with van der Waals surface area (Å²) in [6, 6.07) is 5.69. The smallest absolute Gasteiger partial charge is 0.108 e. The van der Waals surface area contributed by atoms with Crippen LogP contribution in [0.15, 0.2) is 23.2 Å². The van der Waals surface area contributed by atoms with Gasteiger partial charge in [0.25, 0.3) is 0 Å². The van der Waals surface area contributed by atoms with Crippen LogP contribution >= 0.6 is 23.2 Å². The Morgan fingerprint density at radius 2 is 1.82 bits per heavy atom. The number of likely N-dealkylation sites (tertiary alicyclic amines) is 1. The standard InChI is InChI=1S/C18H24Cl2N2/c1-13-6-5-7-15(13)18(22-10-3-2-4-11-22)21-14-8-9-16(19)17(20)12-14/h8-9,12-13,15H,2-7,10-11H2,1H3/t13-,15-/m0/s1. The molecule has 0 amide bonds. The second kappa shape index (κ2) is 7.23. The molecule has 1 aliphatic carbocycles. The molecular weight excluding hydrogens is 315 g/mol. The Balaban J connectivity index is 1.92. The van der Waals surface area contributed by atoms with Gasteiger partial charge in [0.2, 0.25) is 0 Å². The molecule has 0 spiro atoms. The van der Waals surface area contributed by atoms with Gasteiger partial charge in [-0.05, 0) is 56.2 Å². The van der Waals surface area contributed by atoms with E-state index in [0.717, 1.165) is 24.7 Å². The number of benzene rings is 1. The average Bonchev–Trinajstić information content (AvgIpc) is 2.95. The Hall–Kier alpha value is -0.730. The summed E-state index contributed by atoms with van der Waals surface area (Å²) in [6.07, 6.45) is 7.80. The van der Waals surface area contributed by atoms with Crippen molar-refractivity contribution in [2.24, 2.45) is 16.8 Å². The van der Waals surface area contributed by atoms with E-state index < -0.39 is 0 Å². The van der Waals surface area contributed by atoms with Crippen LogP contribution in [0.2, 0.25) is 10.0 Å². The molecule has 1 aromatic carbocycles. The zero-order chi connectivity index (χ0) is 15.5. The van der Waals surface area contributed by atoms with Gasteiger partial charge in [-0.3, -0.25) is 0 Å². The third kappa shape index (κ3) is 3.60. The van der Waals surface area contributed by atoms with Crippen molar-refractivity contribution < 1.29 is 0 Å². The number of piperidine rings is 1. The van der Waals surface area contributed by atoms with Gasteiger partial charge in [-0.15, -0.1) is 0 Å². The fourth-order valence-electron chi connectivity index (χ4n) is 3.73. The first-order valence-corrected chi connectivity index (χ1v) is 9.19. The van der Waals surface area contributed by atoms with Crippen molar-refractivity contribution in [3.63, 3.8) is 0 Å². The molecule has 4 heteroatoms.